The summed E-state index contributed by atoms with van der Waals surface area (Å²) >= 11 is 0. The van der Waals surface area contributed by atoms with Crippen LogP contribution in [0.3, 0.4) is 0 Å². The molecule has 0 atom stereocenters. The average Bonchev–Trinajstić information content (AvgIpc) is 2.31. The van der Waals surface area contributed by atoms with Crippen LogP contribution in [-0.4, -0.2) is 21.8 Å². The zero-order valence-electron chi connectivity index (χ0n) is 10.1. The molecular formula is C13H20O3. The summed E-state index contributed by atoms with van der Waals surface area (Å²) in [6.07, 6.45) is 1.70. The monoisotopic (exact) mass is 224 g/mol. The second kappa shape index (κ2) is 7.01. The molecule has 0 saturated heterocycles. The third-order valence-electron chi connectivity index (χ3n) is 2.54. The Labute approximate surface area is 96.7 Å². The van der Waals surface area contributed by atoms with Crippen LogP contribution in [0, 0.1) is 0 Å². The number of carboxylic acids is 1. The van der Waals surface area contributed by atoms with Crippen LogP contribution < -0.4 is 0 Å². The fraction of sp³-hybridized carbons (Fsp3) is 0.462. The number of aliphatic hydroxyl groups is 1. The normalized spacial score (nSPS) is 10.2. The third kappa shape index (κ3) is 6.19. The fourth-order valence-electron chi connectivity index (χ4n) is 0.831. The van der Waals surface area contributed by atoms with Crippen molar-refractivity contribution in [3.8, 4) is 0 Å². The van der Waals surface area contributed by atoms with E-state index in [-0.39, 0.29) is 0 Å². The fourth-order valence-corrected chi connectivity index (χ4v) is 0.831. The van der Waals surface area contributed by atoms with Gasteiger partial charge < -0.3 is 10.2 Å². The standard InChI is InChI=1S/C7H6O2.C6H14O/c8-7(9)6-4-2-1-3-5-6;1-4-6(3,7)5-2/h1-5H,(H,8,9);7H,4-5H2,1-3H3. The second-order valence-electron chi connectivity index (χ2n) is 3.88. The van der Waals surface area contributed by atoms with Crippen LogP contribution in [0.1, 0.15) is 44.0 Å². The summed E-state index contributed by atoms with van der Waals surface area (Å²) in [5, 5.41) is 17.5. The first-order valence-corrected chi connectivity index (χ1v) is 5.43. The van der Waals surface area contributed by atoms with E-state index in [0.717, 1.165) is 12.8 Å². The molecule has 3 nitrogen and oxygen atoms in total. The van der Waals surface area contributed by atoms with Gasteiger partial charge >= 0.3 is 5.97 Å². The number of hydrogen-bond acceptors (Lipinski definition) is 2. The van der Waals surface area contributed by atoms with Crippen LogP contribution in [0.5, 0.6) is 0 Å². The van der Waals surface area contributed by atoms with Gasteiger partial charge in [0.15, 0.2) is 0 Å². The Kier molecular flexibility index (Phi) is 6.42. The zero-order valence-corrected chi connectivity index (χ0v) is 10.1. The molecule has 1 aromatic rings. The van der Waals surface area contributed by atoms with Gasteiger partial charge in [-0.25, -0.2) is 4.79 Å². The van der Waals surface area contributed by atoms with Crippen LogP contribution in [0.25, 0.3) is 0 Å². The Morgan fingerprint density at radius 1 is 1.19 bits per heavy atom. The summed E-state index contributed by atoms with van der Waals surface area (Å²) in [7, 11) is 0. The van der Waals surface area contributed by atoms with E-state index in [0.29, 0.717) is 5.56 Å². The van der Waals surface area contributed by atoms with Crippen molar-refractivity contribution in [1.29, 1.82) is 0 Å². The summed E-state index contributed by atoms with van der Waals surface area (Å²) < 4.78 is 0. The molecule has 3 heteroatoms. The van der Waals surface area contributed by atoms with Crippen molar-refractivity contribution in [2.75, 3.05) is 0 Å². The van der Waals surface area contributed by atoms with Gasteiger partial charge in [0.25, 0.3) is 0 Å². The SMILES string of the molecule is CCC(C)(O)CC.O=C(O)c1ccccc1. The summed E-state index contributed by atoms with van der Waals surface area (Å²) in [5.41, 5.74) is -0.0856. The smallest absolute Gasteiger partial charge is 0.335 e. The Bertz CT molecular complexity index is 298. The molecule has 0 unspecified atom stereocenters. The number of aromatic carboxylic acids is 1. The van der Waals surface area contributed by atoms with Crippen molar-refractivity contribution >= 4 is 5.97 Å². The zero-order chi connectivity index (χ0) is 12.6. The molecule has 0 heterocycles. The lowest BCUT2D eigenvalue weighted by molar-refractivity contribution is 0.0521. The predicted octanol–water partition coefficient (Wildman–Crippen LogP) is 2.94. The maximum absolute atomic E-state index is 10.2. The van der Waals surface area contributed by atoms with Crippen molar-refractivity contribution < 1.29 is 15.0 Å². The Hall–Kier alpha value is -1.35. The molecule has 0 aliphatic heterocycles. The van der Waals surface area contributed by atoms with E-state index in [1.54, 1.807) is 30.3 Å². The average molecular weight is 224 g/mol. The molecule has 0 aliphatic rings. The molecule has 0 radical (unpaired) electrons. The van der Waals surface area contributed by atoms with Gasteiger partial charge in [-0.05, 0) is 31.9 Å². The van der Waals surface area contributed by atoms with Crippen molar-refractivity contribution in [2.45, 2.75) is 39.2 Å². The molecule has 0 bridgehead atoms. The Morgan fingerprint density at radius 2 is 1.62 bits per heavy atom. The van der Waals surface area contributed by atoms with Gasteiger partial charge in [0.1, 0.15) is 0 Å². The van der Waals surface area contributed by atoms with Gasteiger partial charge in [0, 0.05) is 0 Å². The molecule has 0 saturated carbocycles. The number of carboxylic acid groups (broad SMARTS) is 1. The molecule has 1 rings (SSSR count). The highest BCUT2D eigenvalue weighted by molar-refractivity contribution is 5.87. The van der Waals surface area contributed by atoms with Gasteiger partial charge in [-0.1, -0.05) is 32.0 Å². The predicted molar refractivity (Wildman–Crippen MR) is 64.6 cm³/mol. The first kappa shape index (κ1) is 14.6. The van der Waals surface area contributed by atoms with E-state index in [1.165, 1.54) is 0 Å². The quantitative estimate of drug-likeness (QED) is 0.830. The second-order valence-corrected chi connectivity index (χ2v) is 3.88. The lowest BCUT2D eigenvalue weighted by atomic mass is 10.0. The lowest BCUT2D eigenvalue weighted by Crippen LogP contribution is -2.20. The third-order valence-corrected chi connectivity index (χ3v) is 2.54. The van der Waals surface area contributed by atoms with E-state index in [4.69, 9.17) is 10.2 Å². The van der Waals surface area contributed by atoms with Crippen LogP contribution in [0.15, 0.2) is 30.3 Å². The van der Waals surface area contributed by atoms with Crippen molar-refractivity contribution in [3.63, 3.8) is 0 Å². The molecule has 0 aliphatic carbocycles. The van der Waals surface area contributed by atoms with Gasteiger partial charge in [-0.2, -0.15) is 0 Å². The Morgan fingerprint density at radius 3 is 1.81 bits per heavy atom. The van der Waals surface area contributed by atoms with Gasteiger partial charge in [0.05, 0.1) is 11.2 Å². The molecule has 90 valence electrons. The molecular weight excluding hydrogens is 204 g/mol. The number of benzene rings is 1. The lowest BCUT2D eigenvalue weighted by Gasteiger charge is -2.17. The van der Waals surface area contributed by atoms with Crippen molar-refractivity contribution in [2.24, 2.45) is 0 Å². The summed E-state index contributed by atoms with van der Waals surface area (Å²) in [6.45, 7) is 5.83. The van der Waals surface area contributed by atoms with Crippen LogP contribution in [-0.2, 0) is 0 Å². The number of rotatable bonds is 3. The van der Waals surface area contributed by atoms with E-state index < -0.39 is 11.6 Å². The highest BCUT2D eigenvalue weighted by atomic mass is 16.4. The van der Waals surface area contributed by atoms with E-state index in [9.17, 15) is 4.79 Å². The maximum Gasteiger partial charge on any atom is 0.335 e. The van der Waals surface area contributed by atoms with Crippen molar-refractivity contribution in [1.82, 2.24) is 0 Å². The van der Waals surface area contributed by atoms with Crippen molar-refractivity contribution in [3.05, 3.63) is 35.9 Å². The van der Waals surface area contributed by atoms with Crippen LogP contribution in [0.4, 0.5) is 0 Å². The highest BCUT2D eigenvalue weighted by Gasteiger charge is 2.12. The molecule has 16 heavy (non-hydrogen) atoms. The van der Waals surface area contributed by atoms with Gasteiger partial charge in [-0.15, -0.1) is 0 Å². The molecule has 1 aromatic carbocycles. The summed E-state index contributed by atoms with van der Waals surface area (Å²) in [4.78, 5) is 10.2. The highest BCUT2D eigenvalue weighted by Crippen LogP contribution is 2.11. The van der Waals surface area contributed by atoms with Gasteiger partial charge in [0.2, 0.25) is 0 Å². The molecule has 0 fully saturated rings. The maximum atomic E-state index is 10.2. The van der Waals surface area contributed by atoms with E-state index >= 15 is 0 Å². The minimum Gasteiger partial charge on any atom is -0.478 e. The topological polar surface area (TPSA) is 57.5 Å². The summed E-state index contributed by atoms with van der Waals surface area (Å²) in [6, 6.07) is 8.30. The minimum atomic E-state index is -0.879. The Balaban J connectivity index is 0.000000293. The molecule has 0 spiro atoms. The van der Waals surface area contributed by atoms with E-state index in [1.807, 2.05) is 20.8 Å². The largest absolute Gasteiger partial charge is 0.478 e. The van der Waals surface area contributed by atoms with Gasteiger partial charge in [-0.3, -0.25) is 0 Å². The summed E-state index contributed by atoms with van der Waals surface area (Å²) in [5.74, 6) is -0.879. The molecule has 2 N–H and O–H groups in total. The minimum absolute atomic E-state index is 0.331. The number of hydrogen-bond donors (Lipinski definition) is 2. The van der Waals surface area contributed by atoms with Crippen LogP contribution in [0.2, 0.25) is 0 Å². The molecule has 0 amide bonds. The first-order chi connectivity index (χ1) is 7.43. The number of carbonyl (C=O) groups is 1. The molecule has 0 aromatic heterocycles. The van der Waals surface area contributed by atoms with E-state index in [2.05, 4.69) is 0 Å². The first-order valence-electron chi connectivity index (χ1n) is 5.43. The van der Waals surface area contributed by atoms with Crippen LogP contribution >= 0.6 is 0 Å².